The smallest absolute Gasteiger partial charge is 0.330 e. The van der Waals surface area contributed by atoms with Crippen LogP contribution in [0.25, 0.3) is 10.4 Å². The van der Waals surface area contributed by atoms with Gasteiger partial charge in [0, 0.05) is 30.1 Å². The molecule has 0 aliphatic rings. The lowest BCUT2D eigenvalue weighted by atomic mass is 10.2. The second kappa shape index (κ2) is 10.2. The molecular weight excluding hydrogens is 452 g/mol. The number of ether oxygens (including phenoxy) is 1. The molecule has 0 aliphatic heterocycles. The Balaban J connectivity index is 2.04. The highest BCUT2D eigenvalue weighted by atomic mass is 35.5. The topological polar surface area (TPSA) is 110 Å². The first-order chi connectivity index (χ1) is 15.2. The lowest BCUT2D eigenvalue weighted by molar-refractivity contribution is 0.0979. The summed E-state index contributed by atoms with van der Waals surface area (Å²) in [6.45, 7) is 4.43. The highest BCUT2D eigenvalue weighted by Crippen LogP contribution is 2.31. The maximum Gasteiger partial charge on any atom is 0.330 e. The van der Waals surface area contributed by atoms with Gasteiger partial charge in [0.05, 0.1) is 11.5 Å². The first kappa shape index (κ1) is 23.8. The van der Waals surface area contributed by atoms with Gasteiger partial charge in [0.15, 0.2) is 5.69 Å². The second-order valence-electron chi connectivity index (χ2n) is 7.62. The Kier molecular flexibility index (Phi) is 7.55. The number of H-pyrrole nitrogens is 1. The van der Waals surface area contributed by atoms with Crippen molar-refractivity contribution in [2.45, 2.75) is 20.4 Å². The van der Waals surface area contributed by atoms with Crippen molar-refractivity contribution in [3.63, 3.8) is 0 Å². The van der Waals surface area contributed by atoms with E-state index in [1.165, 1.54) is 27.9 Å². The van der Waals surface area contributed by atoms with E-state index in [0.717, 1.165) is 10.4 Å². The number of halogens is 1. The first-order valence-electron chi connectivity index (χ1n) is 10.0. The molecule has 3 aromatic rings. The average molecular weight is 477 g/mol. The number of nitrogen functional groups attached to an aromatic ring is 1. The van der Waals surface area contributed by atoms with Crippen molar-refractivity contribution in [3.05, 3.63) is 67.1 Å². The van der Waals surface area contributed by atoms with Gasteiger partial charge in [0.2, 0.25) is 0 Å². The van der Waals surface area contributed by atoms with Crippen molar-refractivity contribution in [1.82, 2.24) is 9.55 Å². The van der Waals surface area contributed by atoms with Crippen LogP contribution in [0.4, 0.5) is 11.5 Å². The van der Waals surface area contributed by atoms with E-state index in [1.54, 1.807) is 18.2 Å². The van der Waals surface area contributed by atoms with Crippen molar-refractivity contribution in [2.75, 3.05) is 30.9 Å². The summed E-state index contributed by atoms with van der Waals surface area (Å²) in [5.74, 6) is -0.346. The molecule has 3 N–H and O–H groups in total. The van der Waals surface area contributed by atoms with Crippen LogP contribution in [0.1, 0.15) is 23.5 Å². The zero-order chi connectivity index (χ0) is 23.4. The molecule has 3 rings (SSSR count). The number of aromatic nitrogens is 2. The Labute approximate surface area is 194 Å². The molecule has 0 bridgehead atoms. The fraction of sp³-hybridized carbons (Fsp3) is 0.318. The van der Waals surface area contributed by atoms with Crippen LogP contribution in [0.5, 0.6) is 0 Å². The molecule has 1 aromatic carbocycles. The van der Waals surface area contributed by atoms with Gasteiger partial charge in [-0.2, -0.15) is 0 Å². The summed E-state index contributed by atoms with van der Waals surface area (Å²) in [6.07, 6.45) is 0. The van der Waals surface area contributed by atoms with E-state index in [0.29, 0.717) is 16.4 Å². The Morgan fingerprint density at radius 2 is 1.91 bits per heavy atom. The lowest BCUT2D eigenvalue weighted by Crippen LogP contribution is -2.42. The van der Waals surface area contributed by atoms with Crippen LogP contribution in [-0.4, -0.2) is 35.7 Å². The SMILES string of the molecule is COCCN(C(=O)c1ccc(-c2ccc(Cl)cc2)s1)c1c(N)n(CC(C)C)c(=O)[nH]c1=O. The minimum atomic E-state index is -0.716. The molecule has 32 heavy (non-hydrogen) atoms. The Hall–Kier alpha value is -2.88. The minimum Gasteiger partial charge on any atom is -0.383 e. The number of methoxy groups -OCH3 is 1. The molecule has 2 heterocycles. The number of nitrogens with two attached hydrogens (primary N) is 1. The van der Waals surface area contributed by atoms with E-state index in [9.17, 15) is 14.4 Å². The van der Waals surface area contributed by atoms with Crippen molar-refractivity contribution in [1.29, 1.82) is 0 Å². The Morgan fingerprint density at radius 3 is 2.53 bits per heavy atom. The lowest BCUT2D eigenvalue weighted by Gasteiger charge is -2.24. The number of anilines is 2. The summed E-state index contributed by atoms with van der Waals surface area (Å²) in [4.78, 5) is 43.3. The number of carbonyl (C=O) groups excluding carboxylic acids is 1. The number of carbonyl (C=O) groups is 1. The standard InChI is InChI=1S/C22H25ClN4O4S/c1-13(2)12-27-19(24)18(20(28)25-22(27)30)26(10-11-31-3)21(29)17-9-8-16(32-17)14-4-6-15(23)7-5-14/h4-9,13H,10-12,24H2,1-3H3,(H,25,28,30). The molecule has 0 spiro atoms. The van der Waals surface area contributed by atoms with E-state index in [2.05, 4.69) is 4.98 Å². The van der Waals surface area contributed by atoms with Gasteiger partial charge in [0.25, 0.3) is 11.5 Å². The third-order valence-corrected chi connectivity index (χ3v) is 6.12. The molecular formula is C22H25ClN4O4S. The predicted molar refractivity (Wildman–Crippen MR) is 129 cm³/mol. The Morgan fingerprint density at radius 1 is 1.22 bits per heavy atom. The zero-order valence-electron chi connectivity index (χ0n) is 18.1. The van der Waals surface area contributed by atoms with E-state index < -0.39 is 17.2 Å². The van der Waals surface area contributed by atoms with E-state index in [4.69, 9.17) is 22.1 Å². The number of nitrogens with one attached hydrogen (secondary N) is 1. The van der Waals surface area contributed by atoms with Crippen molar-refractivity contribution in [2.24, 2.45) is 5.92 Å². The summed E-state index contributed by atoms with van der Waals surface area (Å²) < 4.78 is 6.42. The third-order valence-electron chi connectivity index (χ3n) is 4.74. The summed E-state index contributed by atoms with van der Waals surface area (Å²) >= 11 is 7.25. The van der Waals surface area contributed by atoms with Gasteiger partial charge in [-0.1, -0.05) is 37.6 Å². The highest BCUT2D eigenvalue weighted by molar-refractivity contribution is 7.17. The quantitative estimate of drug-likeness (QED) is 0.517. The normalized spacial score (nSPS) is 11.2. The van der Waals surface area contributed by atoms with Gasteiger partial charge in [-0.05, 0) is 35.7 Å². The van der Waals surface area contributed by atoms with Crippen LogP contribution in [0.15, 0.2) is 46.0 Å². The molecule has 2 aromatic heterocycles. The zero-order valence-corrected chi connectivity index (χ0v) is 19.6. The number of hydrogen-bond donors (Lipinski definition) is 2. The second-order valence-corrected chi connectivity index (χ2v) is 9.14. The minimum absolute atomic E-state index is 0.0496. The average Bonchev–Trinajstić information content (AvgIpc) is 3.23. The number of benzene rings is 1. The van der Waals surface area contributed by atoms with Gasteiger partial charge in [0.1, 0.15) is 5.82 Å². The van der Waals surface area contributed by atoms with Crippen LogP contribution in [-0.2, 0) is 11.3 Å². The molecule has 0 saturated carbocycles. The number of nitrogens with zero attached hydrogens (tertiary/aromatic N) is 2. The van der Waals surface area contributed by atoms with E-state index in [-0.39, 0.29) is 30.6 Å². The van der Waals surface area contributed by atoms with Crippen molar-refractivity contribution < 1.29 is 9.53 Å². The van der Waals surface area contributed by atoms with Crippen LogP contribution in [0.3, 0.4) is 0 Å². The van der Waals surface area contributed by atoms with Gasteiger partial charge in [-0.15, -0.1) is 11.3 Å². The van der Waals surface area contributed by atoms with Gasteiger partial charge in [-0.25, -0.2) is 4.79 Å². The number of hydrogen-bond acceptors (Lipinski definition) is 6. The monoisotopic (exact) mass is 476 g/mol. The summed E-state index contributed by atoms with van der Waals surface area (Å²) in [7, 11) is 1.50. The van der Waals surface area contributed by atoms with Crippen LogP contribution in [0, 0.1) is 5.92 Å². The summed E-state index contributed by atoms with van der Waals surface area (Å²) in [6, 6.07) is 10.8. The third kappa shape index (κ3) is 5.12. The number of thiophene rings is 1. The summed E-state index contributed by atoms with van der Waals surface area (Å²) in [5, 5.41) is 0.624. The summed E-state index contributed by atoms with van der Waals surface area (Å²) in [5.41, 5.74) is 5.77. The molecule has 0 saturated heterocycles. The maximum atomic E-state index is 13.4. The van der Waals surface area contributed by atoms with Gasteiger partial charge >= 0.3 is 5.69 Å². The van der Waals surface area contributed by atoms with Gasteiger partial charge in [-0.3, -0.25) is 24.0 Å². The molecule has 8 nitrogen and oxygen atoms in total. The highest BCUT2D eigenvalue weighted by Gasteiger charge is 2.26. The van der Waals surface area contributed by atoms with Crippen molar-refractivity contribution in [3.8, 4) is 10.4 Å². The molecule has 0 radical (unpaired) electrons. The van der Waals surface area contributed by atoms with Crippen LogP contribution >= 0.6 is 22.9 Å². The van der Waals surface area contributed by atoms with Gasteiger partial charge < -0.3 is 10.5 Å². The largest absolute Gasteiger partial charge is 0.383 e. The number of rotatable bonds is 8. The number of amides is 1. The van der Waals surface area contributed by atoms with Crippen molar-refractivity contribution >= 4 is 40.4 Å². The van der Waals surface area contributed by atoms with E-state index in [1.807, 2.05) is 32.0 Å². The fourth-order valence-electron chi connectivity index (χ4n) is 3.24. The molecule has 0 unspecified atom stereocenters. The van der Waals surface area contributed by atoms with E-state index >= 15 is 0 Å². The first-order valence-corrected chi connectivity index (χ1v) is 11.2. The molecule has 170 valence electrons. The predicted octanol–water partition coefficient (Wildman–Crippen LogP) is 3.45. The maximum absolute atomic E-state index is 13.4. The fourth-order valence-corrected chi connectivity index (χ4v) is 4.32. The van der Waals surface area contributed by atoms with Crippen LogP contribution in [0.2, 0.25) is 5.02 Å². The van der Waals surface area contributed by atoms with Crippen LogP contribution < -0.4 is 21.9 Å². The molecule has 0 atom stereocenters. The number of aromatic amines is 1. The molecule has 1 amide bonds. The molecule has 0 fully saturated rings. The Bertz CT molecular complexity index is 1210. The molecule has 0 aliphatic carbocycles. The molecule has 10 heteroatoms.